The number of esters is 1. The molecule has 112 valence electrons. The number of Topliss-reactive ketones (excluding diaryl/α,β-unsaturated/α-hetero) is 1. The molecule has 1 aromatic carbocycles. The highest BCUT2D eigenvalue weighted by Gasteiger charge is 2.42. The summed E-state index contributed by atoms with van der Waals surface area (Å²) in [5.74, 6) is 0.195. The van der Waals surface area contributed by atoms with Crippen molar-refractivity contribution in [2.24, 2.45) is 0 Å². The number of carbonyl (C=O) groups excluding carboxylic acids is 2. The van der Waals surface area contributed by atoms with Crippen molar-refractivity contribution in [2.45, 2.75) is 24.9 Å². The lowest BCUT2D eigenvalue weighted by Crippen LogP contribution is -2.50. The summed E-state index contributed by atoms with van der Waals surface area (Å²) in [4.78, 5) is 26.3. The maximum Gasteiger partial charge on any atom is 0.337 e. The van der Waals surface area contributed by atoms with E-state index in [2.05, 4.69) is 16.7 Å². The Morgan fingerprint density at radius 3 is 2.71 bits per heavy atom. The molecule has 1 fully saturated rings. The molecule has 21 heavy (non-hydrogen) atoms. The molecule has 1 saturated heterocycles. The van der Waals surface area contributed by atoms with Crippen LogP contribution < -0.4 is 4.74 Å². The minimum absolute atomic E-state index is 0.0477. The van der Waals surface area contributed by atoms with Crippen LogP contribution in [0.25, 0.3) is 0 Å². The number of likely N-dealkylation sites (tertiary alicyclic amines) is 1. The van der Waals surface area contributed by atoms with Crippen molar-refractivity contribution in [3.63, 3.8) is 0 Å². The van der Waals surface area contributed by atoms with E-state index in [0.29, 0.717) is 23.3 Å². The smallest absolute Gasteiger partial charge is 0.337 e. The molecule has 0 saturated carbocycles. The number of piperidine rings is 1. The summed E-state index contributed by atoms with van der Waals surface area (Å²) in [7, 11) is 3.40. The fraction of sp³-hybridized carbons (Fsp3) is 0.500. The Morgan fingerprint density at radius 2 is 2.05 bits per heavy atom. The summed E-state index contributed by atoms with van der Waals surface area (Å²) >= 11 is 0. The number of rotatable bonds is 1. The van der Waals surface area contributed by atoms with Crippen molar-refractivity contribution in [2.75, 3.05) is 27.2 Å². The normalized spacial score (nSPS) is 20.8. The number of benzene rings is 1. The van der Waals surface area contributed by atoms with Gasteiger partial charge in [-0.15, -0.1) is 0 Å². The summed E-state index contributed by atoms with van der Waals surface area (Å²) in [6.07, 6.45) is 2.10. The van der Waals surface area contributed by atoms with Gasteiger partial charge in [0.2, 0.25) is 0 Å². The van der Waals surface area contributed by atoms with E-state index in [1.54, 1.807) is 18.2 Å². The first kappa shape index (κ1) is 14.1. The number of ether oxygens (including phenoxy) is 2. The third kappa shape index (κ3) is 2.53. The van der Waals surface area contributed by atoms with Gasteiger partial charge in [0.1, 0.15) is 11.4 Å². The molecular formula is C16H19NO4. The number of carbonyl (C=O) groups is 2. The first-order valence-corrected chi connectivity index (χ1v) is 7.16. The molecule has 0 atom stereocenters. The van der Waals surface area contributed by atoms with Crippen LogP contribution in [0, 0.1) is 0 Å². The van der Waals surface area contributed by atoms with Crippen LogP contribution in [0.15, 0.2) is 18.2 Å². The molecule has 3 rings (SSSR count). The molecule has 0 aromatic heterocycles. The maximum atomic E-state index is 12.5. The first-order valence-electron chi connectivity index (χ1n) is 7.16. The average molecular weight is 289 g/mol. The van der Waals surface area contributed by atoms with E-state index >= 15 is 0 Å². The minimum atomic E-state index is -0.440. The predicted molar refractivity (Wildman–Crippen MR) is 76.8 cm³/mol. The van der Waals surface area contributed by atoms with E-state index in [-0.39, 0.29) is 11.4 Å². The van der Waals surface area contributed by atoms with E-state index in [1.165, 1.54) is 7.11 Å². The SMILES string of the molecule is COC(=O)c1ccc2c(c1)C(=O)CC1(CCN(C)CC1)O2. The standard InChI is InChI=1S/C16H19NO4/c1-17-7-5-16(6-8-17)10-13(18)12-9-11(15(19)20-2)3-4-14(12)21-16/h3-4,9H,5-8,10H2,1-2H3. The van der Waals surface area contributed by atoms with E-state index < -0.39 is 5.97 Å². The molecule has 2 aliphatic heterocycles. The summed E-state index contributed by atoms with van der Waals surface area (Å²) in [5, 5.41) is 0. The second kappa shape index (κ2) is 5.15. The Bertz CT molecular complexity index is 588. The zero-order chi connectivity index (χ0) is 15.0. The average Bonchev–Trinajstić information content (AvgIpc) is 2.49. The number of hydrogen-bond donors (Lipinski definition) is 0. The lowest BCUT2D eigenvalue weighted by atomic mass is 9.82. The van der Waals surface area contributed by atoms with Crippen LogP contribution in [0.3, 0.4) is 0 Å². The monoisotopic (exact) mass is 289 g/mol. The van der Waals surface area contributed by atoms with Gasteiger partial charge in [0.15, 0.2) is 5.78 Å². The molecule has 0 radical (unpaired) electrons. The van der Waals surface area contributed by atoms with Crippen LogP contribution in [0.1, 0.15) is 40.0 Å². The van der Waals surface area contributed by atoms with Gasteiger partial charge >= 0.3 is 5.97 Å². The van der Waals surface area contributed by atoms with Crippen LogP contribution in [0.4, 0.5) is 0 Å². The second-order valence-electron chi connectivity index (χ2n) is 5.89. The fourth-order valence-corrected chi connectivity index (χ4v) is 3.04. The van der Waals surface area contributed by atoms with E-state index in [4.69, 9.17) is 4.74 Å². The Kier molecular flexibility index (Phi) is 3.45. The zero-order valence-electron chi connectivity index (χ0n) is 12.3. The third-order valence-electron chi connectivity index (χ3n) is 4.41. The van der Waals surface area contributed by atoms with Gasteiger partial charge in [0, 0.05) is 25.9 Å². The number of nitrogens with zero attached hydrogens (tertiary/aromatic N) is 1. The number of hydrogen-bond acceptors (Lipinski definition) is 5. The molecule has 0 bridgehead atoms. The number of methoxy groups -OCH3 is 1. The summed E-state index contributed by atoms with van der Waals surface area (Å²) < 4.78 is 10.8. The summed E-state index contributed by atoms with van der Waals surface area (Å²) in [6.45, 7) is 1.87. The molecule has 0 aliphatic carbocycles. The molecule has 5 heteroatoms. The molecule has 1 aromatic rings. The molecule has 0 N–H and O–H groups in total. The van der Waals surface area contributed by atoms with Gasteiger partial charge in [-0.2, -0.15) is 0 Å². The molecule has 2 heterocycles. The van der Waals surface area contributed by atoms with Crippen LogP contribution in [0.5, 0.6) is 5.75 Å². The zero-order valence-corrected chi connectivity index (χ0v) is 12.3. The van der Waals surface area contributed by atoms with Crippen molar-refractivity contribution >= 4 is 11.8 Å². The molecule has 5 nitrogen and oxygen atoms in total. The largest absolute Gasteiger partial charge is 0.486 e. The van der Waals surface area contributed by atoms with Gasteiger partial charge in [-0.3, -0.25) is 4.79 Å². The van der Waals surface area contributed by atoms with Gasteiger partial charge in [-0.25, -0.2) is 4.79 Å². The topological polar surface area (TPSA) is 55.8 Å². The lowest BCUT2D eigenvalue weighted by molar-refractivity contribution is -0.00368. The number of fused-ring (bicyclic) bond motifs is 1. The van der Waals surface area contributed by atoms with Crippen molar-refractivity contribution < 1.29 is 19.1 Å². The van der Waals surface area contributed by atoms with Crippen molar-refractivity contribution in [1.29, 1.82) is 0 Å². The highest BCUT2D eigenvalue weighted by molar-refractivity contribution is 6.02. The fourth-order valence-electron chi connectivity index (χ4n) is 3.04. The van der Waals surface area contributed by atoms with Gasteiger partial charge in [-0.1, -0.05) is 0 Å². The van der Waals surface area contributed by atoms with Crippen molar-refractivity contribution in [1.82, 2.24) is 4.90 Å². The van der Waals surface area contributed by atoms with E-state index in [0.717, 1.165) is 25.9 Å². The lowest BCUT2D eigenvalue weighted by Gasteiger charge is -2.43. The van der Waals surface area contributed by atoms with E-state index in [1.807, 2.05) is 0 Å². The molecule has 2 aliphatic rings. The van der Waals surface area contributed by atoms with E-state index in [9.17, 15) is 9.59 Å². The predicted octanol–water partition coefficient (Wildman–Crippen LogP) is 1.90. The second-order valence-corrected chi connectivity index (χ2v) is 5.89. The van der Waals surface area contributed by atoms with Gasteiger partial charge in [0.25, 0.3) is 0 Å². The van der Waals surface area contributed by atoms with Crippen molar-refractivity contribution in [3.05, 3.63) is 29.3 Å². The minimum Gasteiger partial charge on any atom is -0.486 e. The molecular weight excluding hydrogens is 270 g/mol. The third-order valence-corrected chi connectivity index (χ3v) is 4.41. The molecule has 1 spiro atoms. The van der Waals surface area contributed by atoms with Crippen LogP contribution in [-0.4, -0.2) is 49.5 Å². The van der Waals surface area contributed by atoms with Crippen LogP contribution in [-0.2, 0) is 4.74 Å². The quantitative estimate of drug-likeness (QED) is 0.739. The van der Waals surface area contributed by atoms with Crippen LogP contribution in [0.2, 0.25) is 0 Å². The molecule has 0 unspecified atom stereocenters. The van der Waals surface area contributed by atoms with Gasteiger partial charge < -0.3 is 14.4 Å². The Balaban J connectivity index is 1.90. The Labute approximate surface area is 123 Å². The Hall–Kier alpha value is -1.88. The van der Waals surface area contributed by atoms with Gasteiger partial charge in [0.05, 0.1) is 24.7 Å². The maximum absolute atomic E-state index is 12.5. The van der Waals surface area contributed by atoms with Gasteiger partial charge in [-0.05, 0) is 25.2 Å². The first-order chi connectivity index (χ1) is 10.0. The van der Waals surface area contributed by atoms with Crippen LogP contribution >= 0.6 is 0 Å². The summed E-state index contributed by atoms with van der Waals surface area (Å²) in [5.41, 5.74) is 0.499. The highest BCUT2D eigenvalue weighted by atomic mass is 16.5. The van der Waals surface area contributed by atoms with Crippen molar-refractivity contribution in [3.8, 4) is 5.75 Å². The highest BCUT2D eigenvalue weighted by Crippen LogP contribution is 2.39. The number of ketones is 1. The Morgan fingerprint density at radius 1 is 1.33 bits per heavy atom. The summed E-state index contributed by atoms with van der Waals surface area (Å²) in [6, 6.07) is 4.93. The molecule has 0 amide bonds.